The van der Waals surface area contributed by atoms with E-state index < -0.39 is 5.91 Å². The molecule has 2 aromatic carbocycles. The van der Waals surface area contributed by atoms with Crippen LogP contribution in [-0.2, 0) is 4.79 Å². The summed E-state index contributed by atoms with van der Waals surface area (Å²) in [5, 5.41) is 13.6. The average molecular weight is 409 g/mol. The summed E-state index contributed by atoms with van der Waals surface area (Å²) in [5.41, 5.74) is 2.99. The lowest BCUT2D eigenvalue weighted by Gasteiger charge is -2.07. The lowest BCUT2D eigenvalue weighted by atomic mass is 10.2. The molecule has 7 nitrogen and oxygen atoms in total. The summed E-state index contributed by atoms with van der Waals surface area (Å²) >= 11 is 3.21. The number of carbonyl (C=O) groups is 1. The first kappa shape index (κ1) is 18.6. The molecule has 2 N–H and O–H groups in total. The Labute approximate surface area is 153 Å². The van der Waals surface area contributed by atoms with Gasteiger partial charge in [-0.2, -0.15) is 5.10 Å². The Balaban J connectivity index is 1.86. The van der Waals surface area contributed by atoms with Crippen molar-refractivity contribution >= 4 is 28.1 Å². The van der Waals surface area contributed by atoms with Gasteiger partial charge >= 0.3 is 0 Å². The van der Waals surface area contributed by atoms with Crippen molar-refractivity contribution in [2.75, 3.05) is 20.8 Å². The van der Waals surface area contributed by atoms with Crippen LogP contribution < -0.4 is 19.6 Å². The molecule has 0 radical (unpaired) electrons. The Kier molecular flexibility index (Phi) is 6.64. The predicted octanol–water partition coefficient (Wildman–Crippen LogP) is 2.70. The number of benzene rings is 2. The van der Waals surface area contributed by atoms with Gasteiger partial charge in [0.2, 0.25) is 0 Å². The van der Waals surface area contributed by atoms with Crippen LogP contribution in [0, 0.1) is 0 Å². The van der Waals surface area contributed by atoms with Crippen molar-refractivity contribution in [2.45, 2.75) is 0 Å². The van der Waals surface area contributed by atoms with E-state index >= 15 is 0 Å². The number of nitrogens with one attached hydrogen (secondary N) is 1. The van der Waals surface area contributed by atoms with E-state index in [9.17, 15) is 9.90 Å². The van der Waals surface area contributed by atoms with Crippen molar-refractivity contribution in [3.63, 3.8) is 0 Å². The summed E-state index contributed by atoms with van der Waals surface area (Å²) in [7, 11) is 3.02. The maximum absolute atomic E-state index is 11.7. The number of aromatic hydroxyl groups is 1. The van der Waals surface area contributed by atoms with Gasteiger partial charge in [0.15, 0.2) is 18.1 Å². The molecule has 0 aromatic heterocycles. The largest absolute Gasteiger partial charge is 0.503 e. The van der Waals surface area contributed by atoms with Gasteiger partial charge in [-0.25, -0.2) is 5.43 Å². The molecule has 1 amide bonds. The molecular formula is C17H17BrN2O5. The number of halogens is 1. The van der Waals surface area contributed by atoms with Crippen LogP contribution >= 0.6 is 15.9 Å². The minimum absolute atomic E-state index is 0.00317. The molecule has 0 heterocycles. The Morgan fingerprint density at radius 3 is 2.52 bits per heavy atom. The number of rotatable bonds is 7. The Bertz CT molecular complexity index is 762. The second-order valence-corrected chi connectivity index (χ2v) is 5.67. The minimum atomic E-state index is -0.406. The molecule has 0 unspecified atom stereocenters. The number of hydrazone groups is 1. The molecule has 0 atom stereocenters. The molecular weight excluding hydrogens is 392 g/mol. The first-order valence-corrected chi connectivity index (χ1v) is 7.98. The number of amides is 1. The number of nitrogens with zero attached hydrogens (tertiary/aromatic N) is 1. The molecule has 0 aliphatic heterocycles. The van der Waals surface area contributed by atoms with Crippen molar-refractivity contribution in [2.24, 2.45) is 5.10 Å². The summed E-state index contributed by atoms with van der Waals surface area (Å²) in [5.74, 6) is 1.14. The van der Waals surface area contributed by atoms with Gasteiger partial charge in [0, 0.05) is 0 Å². The van der Waals surface area contributed by atoms with E-state index in [2.05, 4.69) is 26.5 Å². The highest BCUT2D eigenvalue weighted by molar-refractivity contribution is 9.10. The third-order valence-corrected chi connectivity index (χ3v) is 3.71. The molecule has 2 rings (SSSR count). The Morgan fingerprint density at radius 2 is 1.88 bits per heavy atom. The number of carbonyl (C=O) groups excluding carboxylic acids is 1. The molecule has 2 aromatic rings. The van der Waals surface area contributed by atoms with Crippen LogP contribution in [0.15, 0.2) is 46.0 Å². The normalized spacial score (nSPS) is 10.5. The lowest BCUT2D eigenvalue weighted by molar-refractivity contribution is -0.123. The smallest absolute Gasteiger partial charge is 0.277 e. The summed E-state index contributed by atoms with van der Waals surface area (Å²) in [6, 6.07) is 10.1. The fourth-order valence-corrected chi connectivity index (χ4v) is 2.32. The third-order valence-electron chi connectivity index (χ3n) is 3.10. The fraction of sp³-hybridized carbons (Fsp3) is 0.176. The van der Waals surface area contributed by atoms with Gasteiger partial charge in [-0.15, -0.1) is 0 Å². The molecule has 0 saturated heterocycles. The maximum atomic E-state index is 11.7. The van der Waals surface area contributed by atoms with Gasteiger partial charge < -0.3 is 19.3 Å². The van der Waals surface area contributed by atoms with Gasteiger partial charge in [0.1, 0.15) is 11.5 Å². The summed E-state index contributed by atoms with van der Waals surface area (Å²) in [6.07, 6.45) is 1.43. The number of ether oxygens (including phenoxy) is 3. The van der Waals surface area contributed by atoms with Crippen molar-refractivity contribution < 1.29 is 24.1 Å². The summed E-state index contributed by atoms with van der Waals surface area (Å²) in [6.45, 7) is -0.174. The Hall–Kier alpha value is -2.74. The summed E-state index contributed by atoms with van der Waals surface area (Å²) in [4.78, 5) is 11.7. The van der Waals surface area contributed by atoms with Crippen LogP contribution in [0.2, 0.25) is 0 Å². The molecule has 8 heteroatoms. The SMILES string of the molecule is COc1ccc(OCC(=O)NN=Cc2cc(Br)c(O)c(OC)c2)cc1. The monoisotopic (exact) mass is 408 g/mol. The molecule has 0 saturated carbocycles. The maximum Gasteiger partial charge on any atom is 0.277 e. The van der Waals surface area contributed by atoms with E-state index in [4.69, 9.17) is 14.2 Å². The summed E-state index contributed by atoms with van der Waals surface area (Å²) < 4.78 is 15.9. The zero-order valence-corrected chi connectivity index (χ0v) is 15.2. The number of phenols is 1. The number of phenolic OH excluding ortho intramolecular Hbond substituents is 1. The van der Waals surface area contributed by atoms with Gasteiger partial charge in [0.25, 0.3) is 5.91 Å². The van der Waals surface area contributed by atoms with Crippen molar-refractivity contribution in [3.05, 3.63) is 46.4 Å². The predicted molar refractivity (Wildman–Crippen MR) is 96.6 cm³/mol. The molecule has 132 valence electrons. The van der Waals surface area contributed by atoms with Crippen LogP contribution in [0.25, 0.3) is 0 Å². The number of hydrogen-bond acceptors (Lipinski definition) is 6. The quantitative estimate of drug-likeness (QED) is 0.542. The molecule has 0 fully saturated rings. The topological polar surface area (TPSA) is 89.4 Å². The van der Waals surface area contributed by atoms with E-state index in [0.29, 0.717) is 27.3 Å². The van der Waals surface area contributed by atoms with Gasteiger partial charge in [-0.3, -0.25) is 4.79 Å². The van der Waals surface area contributed by atoms with Crippen molar-refractivity contribution in [1.29, 1.82) is 0 Å². The lowest BCUT2D eigenvalue weighted by Crippen LogP contribution is -2.24. The Morgan fingerprint density at radius 1 is 1.20 bits per heavy atom. The number of hydrogen-bond donors (Lipinski definition) is 2. The highest BCUT2D eigenvalue weighted by atomic mass is 79.9. The van der Waals surface area contributed by atoms with E-state index in [1.165, 1.54) is 13.3 Å². The molecule has 0 spiro atoms. The first-order chi connectivity index (χ1) is 12.0. The van der Waals surface area contributed by atoms with Crippen LogP contribution in [0.5, 0.6) is 23.0 Å². The molecule has 25 heavy (non-hydrogen) atoms. The van der Waals surface area contributed by atoms with Crippen molar-refractivity contribution in [1.82, 2.24) is 5.43 Å². The van der Waals surface area contributed by atoms with Crippen LogP contribution in [0.4, 0.5) is 0 Å². The number of methoxy groups -OCH3 is 2. The fourth-order valence-electron chi connectivity index (χ4n) is 1.86. The highest BCUT2D eigenvalue weighted by Crippen LogP contribution is 2.34. The van der Waals surface area contributed by atoms with Gasteiger partial charge in [0.05, 0.1) is 24.9 Å². The van der Waals surface area contributed by atoms with Gasteiger partial charge in [-0.1, -0.05) is 0 Å². The standard InChI is InChI=1S/C17H17BrN2O5/c1-23-12-3-5-13(6-4-12)25-10-16(21)20-19-9-11-7-14(18)17(22)15(8-11)24-2/h3-9,22H,10H2,1-2H3,(H,20,21). The molecule has 0 aliphatic carbocycles. The van der Waals surface area contributed by atoms with Crippen LogP contribution in [0.3, 0.4) is 0 Å². The van der Waals surface area contributed by atoms with Crippen molar-refractivity contribution in [3.8, 4) is 23.0 Å². The third kappa shape index (κ3) is 5.39. The second-order valence-electron chi connectivity index (χ2n) is 4.81. The zero-order valence-electron chi connectivity index (χ0n) is 13.7. The average Bonchev–Trinajstić information content (AvgIpc) is 2.63. The van der Waals surface area contributed by atoms with Crippen LogP contribution in [-0.4, -0.2) is 38.1 Å². The second kappa shape index (κ2) is 8.93. The first-order valence-electron chi connectivity index (χ1n) is 7.18. The van der Waals surface area contributed by atoms with Gasteiger partial charge in [-0.05, 0) is 57.9 Å². The minimum Gasteiger partial charge on any atom is -0.503 e. The highest BCUT2D eigenvalue weighted by Gasteiger charge is 2.07. The van der Waals surface area contributed by atoms with E-state index in [0.717, 1.165) is 0 Å². The molecule has 0 bridgehead atoms. The molecule has 0 aliphatic rings. The van der Waals surface area contributed by atoms with E-state index in [1.54, 1.807) is 43.5 Å². The van der Waals surface area contributed by atoms with Crippen LogP contribution in [0.1, 0.15) is 5.56 Å². The zero-order chi connectivity index (χ0) is 18.2. The van der Waals surface area contributed by atoms with E-state index in [1.807, 2.05) is 0 Å². The van der Waals surface area contributed by atoms with E-state index in [-0.39, 0.29) is 12.4 Å².